The Balaban J connectivity index is 0.00000288. The lowest BCUT2D eigenvalue weighted by Gasteiger charge is -2.21. The van der Waals surface area contributed by atoms with Crippen molar-refractivity contribution in [2.45, 2.75) is 40.8 Å². The Labute approximate surface area is 165 Å². The second-order valence-electron chi connectivity index (χ2n) is 5.66. The van der Waals surface area contributed by atoms with Gasteiger partial charge in [-0.2, -0.15) is 5.10 Å². The van der Waals surface area contributed by atoms with Crippen molar-refractivity contribution in [1.29, 1.82) is 0 Å². The number of aryl methyl sites for hydroxylation is 3. The minimum Gasteiger partial charge on any atom is -0.357 e. The van der Waals surface area contributed by atoms with E-state index in [9.17, 15) is 0 Å². The molecule has 0 aromatic carbocycles. The van der Waals surface area contributed by atoms with Crippen molar-refractivity contribution in [3.8, 4) is 0 Å². The van der Waals surface area contributed by atoms with Gasteiger partial charge in [0.25, 0.3) is 0 Å². The molecular formula is C16H27IN6S. The van der Waals surface area contributed by atoms with E-state index >= 15 is 0 Å². The van der Waals surface area contributed by atoms with Crippen molar-refractivity contribution >= 4 is 41.3 Å². The molecule has 2 aromatic heterocycles. The van der Waals surface area contributed by atoms with E-state index in [4.69, 9.17) is 4.99 Å². The molecule has 0 spiro atoms. The molecular weight excluding hydrogens is 435 g/mol. The third-order valence-corrected chi connectivity index (χ3v) is 4.63. The molecule has 0 saturated heterocycles. The number of thiazole rings is 1. The molecule has 0 amide bonds. The molecule has 0 aliphatic heterocycles. The molecule has 0 atom stereocenters. The van der Waals surface area contributed by atoms with Gasteiger partial charge in [-0.3, -0.25) is 4.68 Å². The molecule has 0 bridgehead atoms. The first kappa shape index (κ1) is 20.9. The fraction of sp³-hybridized carbons (Fsp3) is 0.562. The molecule has 2 heterocycles. The molecule has 0 saturated carbocycles. The van der Waals surface area contributed by atoms with E-state index in [0.29, 0.717) is 6.54 Å². The fourth-order valence-corrected chi connectivity index (χ4v) is 3.07. The van der Waals surface area contributed by atoms with Crippen LogP contribution < -0.4 is 5.32 Å². The monoisotopic (exact) mass is 462 g/mol. The summed E-state index contributed by atoms with van der Waals surface area (Å²) in [6, 6.07) is 0. The van der Waals surface area contributed by atoms with Gasteiger partial charge in [0, 0.05) is 37.3 Å². The fourth-order valence-electron chi connectivity index (χ4n) is 2.47. The first-order valence-corrected chi connectivity index (χ1v) is 8.69. The summed E-state index contributed by atoms with van der Waals surface area (Å²) in [6.45, 7) is 10.4. The van der Waals surface area contributed by atoms with Crippen LogP contribution in [0.25, 0.3) is 0 Å². The van der Waals surface area contributed by atoms with E-state index in [1.54, 1.807) is 11.3 Å². The molecule has 0 fully saturated rings. The predicted molar refractivity (Wildman–Crippen MR) is 111 cm³/mol. The Morgan fingerprint density at radius 1 is 1.38 bits per heavy atom. The minimum absolute atomic E-state index is 0. The van der Waals surface area contributed by atoms with Crippen molar-refractivity contribution in [2.24, 2.45) is 12.0 Å². The summed E-state index contributed by atoms with van der Waals surface area (Å²) < 4.78 is 1.91. The van der Waals surface area contributed by atoms with Crippen LogP contribution >= 0.6 is 35.3 Å². The molecule has 2 rings (SSSR count). The highest BCUT2D eigenvalue weighted by Crippen LogP contribution is 2.14. The van der Waals surface area contributed by atoms with Crippen LogP contribution in [-0.2, 0) is 20.1 Å². The van der Waals surface area contributed by atoms with Gasteiger partial charge in [0.2, 0.25) is 0 Å². The molecule has 1 N–H and O–H groups in total. The number of guanidine groups is 1. The summed E-state index contributed by atoms with van der Waals surface area (Å²) >= 11 is 1.68. The number of nitrogens with zero attached hydrogens (tertiary/aromatic N) is 5. The molecule has 134 valence electrons. The highest BCUT2D eigenvalue weighted by atomic mass is 127. The Morgan fingerprint density at radius 3 is 2.58 bits per heavy atom. The van der Waals surface area contributed by atoms with Crippen molar-refractivity contribution in [1.82, 2.24) is 25.0 Å². The molecule has 8 heteroatoms. The standard InChI is InChI=1S/C16H26N6S.HI/c1-7-17-16(21(5)9-14-10-23-13(4)19-14)18-8-15-11(2)20-22(6)12(15)3;/h10H,7-9H2,1-6H3,(H,17,18);1H. The summed E-state index contributed by atoms with van der Waals surface area (Å²) in [5.41, 5.74) is 4.48. The maximum Gasteiger partial charge on any atom is 0.194 e. The van der Waals surface area contributed by atoms with Crippen molar-refractivity contribution in [3.63, 3.8) is 0 Å². The van der Waals surface area contributed by atoms with Crippen LogP contribution in [0.15, 0.2) is 10.4 Å². The van der Waals surface area contributed by atoms with Gasteiger partial charge >= 0.3 is 0 Å². The average molecular weight is 462 g/mol. The van der Waals surface area contributed by atoms with Crippen LogP contribution in [0.5, 0.6) is 0 Å². The molecule has 0 aliphatic carbocycles. The summed E-state index contributed by atoms with van der Waals surface area (Å²) in [5.74, 6) is 0.890. The Bertz CT molecular complexity index is 691. The lowest BCUT2D eigenvalue weighted by atomic mass is 10.2. The van der Waals surface area contributed by atoms with Gasteiger partial charge in [0.15, 0.2) is 5.96 Å². The van der Waals surface area contributed by atoms with E-state index in [-0.39, 0.29) is 24.0 Å². The number of halogens is 1. The molecule has 0 aliphatic rings. The second kappa shape index (κ2) is 9.36. The smallest absolute Gasteiger partial charge is 0.194 e. The Morgan fingerprint density at radius 2 is 2.08 bits per heavy atom. The first-order chi connectivity index (χ1) is 10.9. The quantitative estimate of drug-likeness (QED) is 0.422. The largest absolute Gasteiger partial charge is 0.357 e. The van der Waals surface area contributed by atoms with E-state index in [1.807, 2.05) is 32.6 Å². The van der Waals surface area contributed by atoms with Gasteiger partial charge in [-0.05, 0) is 27.7 Å². The van der Waals surface area contributed by atoms with Crippen molar-refractivity contribution in [2.75, 3.05) is 13.6 Å². The number of hydrogen-bond donors (Lipinski definition) is 1. The molecule has 6 nitrogen and oxygen atoms in total. The van der Waals surface area contributed by atoms with Crippen molar-refractivity contribution in [3.05, 3.63) is 33.0 Å². The topological polar surface area (TPSA) is 58.3 Å². The zero-order chi connectivity index (χ0) is 17.0. The Hall–Kier alpha value is -1.16. The first-order valence-electron chi connectivity index (χ1n) is 7.81. The highest BCUT2D eigenvalue weighted by Gasteiger charge is 2.11. The minimum atomic E-state index is 0. The zero-order valence-electron chi connectivity index (χ0n) is 15.3. The third kappa shape index (κ3) is 5.17. The van der Waals surface area contributed by atoms with Crippen LogP contribution in [0.2, 0.25) is 0 Å². The number of aromatic nitrogens is 3. The summed E-state index contributed by atoms with van der Waals surface area (Å²) in [5, 5.41) is 11.0. The second-order valence-corrected chi connectivity index (χ2v) is 6.72. The van der Waals surface area contributed by atoms with Crippen LogP contribution in [0.3, 0.4) is 0 Å². The van der Waals surface area contributed by atoms with Crippen LogP contribution in [0, 0.1) is 20.8 Å². The summed E-state index contributed by atoms with van der Waals surface area (Å²) in [6.07, 6.45) is 0. The number of hydrogen-bond acceptors (Lipinski definition) is 4. The van der Waals surface area contributed by atoms with Crippen LogP contribution in [-0.4, -0.2) is 39.2 Å². The lowest BCUT2D eigenvalue weighted by Crippen LogP contribution is -2.38. The van der Waals surface area contributed by atoms with E-state index < -0.39 is 0 Å². The SMILES string of the molecule is CCNC(=NCc1c(C)nn(C)c1C)N(C)Cc1csc(C)n1.I. The zero-order valence-corrected chi connectivity index (χ0v) is 18.4. The van der Waals surface area contributed by atoms with Crippen LogP contribution in [0.1, 0.15) is 34.6 Å². The summed E-state index contributed by atoms with van der Waals surface area (Å²) in [7, 11) is 4.01. The van der Waals surface area contributed by atoms with E-state index in [0.717, 1.165) is 35.4 Å². The number of nitrogens with one attached hydrogen (secondary N) is 1. The third-order valence-electron chi connectivity index (χ3n) is 3.81. The number of aliphatic imine (C=N–C) groups is 1. The van der Waals surface area contributed by atoms with Gasteiger partial charge in [-0.25, -0.2) is 9.98 Å². The van der Waals surface area contributed by atoms with E-state index in [1.165, 1.54) is 11.3 Å². The normalized spacial score (nSPS) is 11.3. The number of rotatable bonds is 5. The van der Waals surface area contributed by atoms with Gasteiger partial charge in [0.1, 0.15) is 0 Å². The van der Waals surface area contributed by atoms with Crippen molar-refractivity contribution < 1.29 is 0 Å². The van der Waals surface area contributed by atoms with Crippen LogP contribution in [0.4, 0.5) is 0 Å². The molecule has 0 unspecified atom stereocenters. The average Bonchev–Trinajstić information content (AvgIpc) is 3.00. The maximum atomic E-state index is 4.78. The highest BCUT2D eigenvalue weighted by molar-refractivity contribution is 14.0. The predicted octanol–water partition coefficient (Wildman–Crippen LogP) is 3.02. The van der Waals surface area contributed by atoms with Gasteiger partial charge in [-0.15, -0.1) is 35.3 Å². The molecule has 2 aromatic rings. The van der Waals surface area contributed by atoms with E-state index in [2.05, 4.69) is 39.5 Å². The van der Waals surface area contributed by atoms with Gasteiger partial charge < -0.3 is 10.2 Å². The maximum absolute atomic E-state index is 4.78. The van der Waals surface area contributed by atoms with Gasteiger partial charge in [-0.1, -0.05) is 0 Å². The van der Waals surface area contributed by atoms with Gasteiger partial charge in [0.05, 0.1) is 29.5 Å². The molecule has 24 heavy (non-hydrogen) atoms. The Kier molecular flexibility index (Phi) is 8.14. The summed E-state index contributed by atoms with van der Waals surface area (Å²) in [4.78, 5) is 11.4. The molecule has 0 radical (unpaired) electrons. The lowest BCUT2D eigenvalue weighted by molar-refractivity contribution is 0.470.